The van der Waals surface area contributed by atoms with Crippen LogP contribution in [0.2, 0.25) is 0 Å². The quantitative estimate of drug-likeness (QED) is 0.926. The molecule has 5 nitrogen and oxygen atoms in total. The number of ether oxygens (including phenoxy) is 2. The number of hydrogen-bond donors (Lipinski definition) is 1. The predicted molar refractivity (Wildman–Crippen MR) is 71.0 cm³/mol. The van der Waals surface area contributed by atoms with Crippen molar-refractivity contribution in [3.63, 3.8) is 0 Å². The zero-order chi connectivity index (χ0) is 14.8. The Hall–Kier alpha value is -1.85. The first-order valence-corrected chi connectivity index (χ1v) is 6.59. The number of hydrogen-bond acceptors (Lipinski definition) is 4. The van der Waals surface area contributed by atoms with Gasteiger partial charge in [-0.2, -0.15) is 0 Å². The van der Waals surface area contributed by atoms with Gasteiger partial charge in [-0.15, -0.1) is 0 Å². The summed E-state index contributed by atoms with van der Waals surface area (Å²) in [6.45, 7) is 5.46. The van der Waals surface area contributed by atoms with Gasteiger partial charge >= 0.3 is 6.09 Å². The first-order chi connectivity index (χ1) is 9.32. The Balaban J connectivity index is 1.70. The fraction of sp³-hybridized carbons (Fsp3) is 0.571. The van der Waals surface area contributed by atoms with Crippen LogP contribution in [0, 0.1) is 5.82 Å². The van der Waals surface area contributed by atoms with E-state index in [9.17, 15) is 9.18 Å². The van der Waals surface area contributed by atoms with E-state index in [-0.39, 0.29) is 12.1 Å². The summed E-state index contributed by atoms with van der Waals surface area (Å²) in [7, 11) is 0. The first kappa shape index (κ1) is 14.6. The summed E-state index contributed by atoms with van der Waals surface area (Å²) in [4.78, 5) is 15.4. The number of halogens is 1. The Morgan fingerprint density at radius 1 is 1.40 bits per heavy atom. The molecule has 6 heteroatoms. The lowest BCUT2D eigenvalue weighted by molar-refractivity contribution is 0.0354. The Bertz CT molecular complexity index is 464. The van der Waals surface area contributed by atoms with Crippen LogP contribution < -0.4 is 10.1 Å². The third kappa shape index (κ3) is 4.36. The van der Waals surface area contributed by atoms with Gasteiger partial charge in [0.1, 0.15) is 17.5 Å². The van der Waals surface area contributed by atoms with Crippen molar-refractivity contribution in [3.8, 4) is 5.88 Å². The second-order valence-corrected chi connectivity index (χ2v) is 5.87. The molecule has 0 aliphatic heterocycles. The molecule has 1 fully saturated rings. The van der Waals surface area contributed by atoms with Gasteiger partial charge in [0, 0.05) is 24.9 Å². The number of carbonyl (C=O) groups excluding carboxylic acids is 1. The highest BCUT2D eigenvalue weighted by Crippen LogP contribution is 2.25. The molecule has 1 aromatic rings. The van der Waals surface area contributed by atoms with Crippen LogP contribution in [0.1, 0.15) is 33.6 Å². The summed E-state index contributed by atoms with van der Waals surface area (Å²) in [6, 6.07) is 2.84. The summed E-state index contributed by atoms with van der Waals surface area (Å²) >= 11 is 0. The molecule has 1 aliphatic carbocycles. The maximum absolute atomic E-state index is 12.7. The van der Waals surface area contributed by atoms with E-state index in [1.807, 2.05) is 20.8 Å². The molecule has 1 aromatic heterocycles. The van der Waals surface area contributed by atoms with Crippen LogP contribution in [-0.2, 0) is 4.74 Å². The summed E-state index contributed by atoms with van der Waals surface area (Å²) < 4.78 is 23.4. The highest BCUT2D eigenvalue weighted by atomic mass is 19.1. The minimum absolute atomic E-state index is 0.00658. The standard InChI is InChI=1S/C14H19FN2O3/c1-14(2,3)20-13(18)17-10-6-11(7-10)19-12-5-4-9(15)8-16-12/h4-5,8,10-11H,6-7H2,1-3H3,(H,17,18). The Morgan fingerprint density at radius 3 is 2.65 bits per heavy atom. The molecule has 1 saturated carbocycles. The van der Waals surface area contributed by atoms with Crippen LogP contribution in [0.25, 0.3) is 0 Å². The normalized spacial score (nSPS) is 21.8. The number of carbonyl (C=O) groups is 1. The Labute approximate surface area is 117 Å². The van der Waals surface area contributed by atoms with E-state index >= 15 is 0 Å². The van der Waals surface area contributed by atoms with E-state index in [2.05, 4.69) is 10.3 Å². The minimum Gasteiger partial charge on any atom is -0.474 e. The van der Waals surface area contributed by atoms with E-state index in [0.717, 1.165) is 6.20 Å². The van der Waals surface area contributed by atoms with Crippen molar-refractivity contribution in [1.82, 2.24) is 10.3 Å². The van der Waals surface area contributed by atoms with Crippen molar-refractivity contribution in [1.29, 1.82) is 0 Å². The number of rotatable bonds is 3. The van der Waals surface area contributed by atoms with Crippen molar-refractivity contribution < 1.29 is 18.7 Å². The second-order valence-electron chi connectivity index (χ2n) is 5.87. The number of nitrogens with one attached hydrogen (secondary N) is 1. The van der Waals surface area contributed by atoms with Gasteiger partial charge in [-0.1, -0.05) is 0 Å². The van der Waals surface area contributed by atoms with Crippen LogP contribution in [0.5, 0.6) is 5.88 Å². The number of aromatic nitrogens is 1. The monoisotopic (exact) mass is 282 g/mol. The first-order valence-electron chi connectivity index (χ1n) is 6.59. The Kier molecular flexibility index (Phi) is 4.11. The van der Waals surface area contributed by atoms with Gasteiger partial charge in [0.15, 0.2) is 0 Å². The molecule has 0 radical (unpaired) electrons. The summed E-state index contributed by atoms with van der Waals surface area (Å²) in [5.74, 6) is 0.00236. The van der Waals surface area contributed by atoms with Crippen LogP contribution in [0.3, 0.4) is 0 Å². The molecule has 1 N–H and O–H groups in total. The van der Waals surface area contributed by atoms with E-state index in [0.29, 0.717) is 18.7 Å². The average molecular weight is 282 g/mol. The van der Waals surface area contributed by atoms with Crippen molar-refractivity contribution in [2.24, 2.45) is 0 Å². The van der Waals surface area contributed by atoms with E-state index in [4.69, 9.17) is 9.47 Å². The number of nitrogens with zero attached hydrogens (tertiary/aromatic N) is 1. The topological polar surface area (TPSA) is 60.5 Å². The molecule has 0 atom stereocenters. The molecule has 0 unspecified atom stereocenters. The molecule has 0 aromatic carbocycles. The maximum Gasteiger partial charge on any atom is 0.407 e. The highest BCUT2D eigenvalue weighted by molar-refractivity contribution is 5.68. The molecule has 0 bridgehead atoms. The van der Waals surface area contributed by atoms with E-state index in [1.54, 1.807) is 0 Å². The van der Waals surface area contributed by atoms with Crippen LogP contribution in [0.4, 0.5) is 9.18 Å². The largest absolute Gasteiger partial charge is 0.474 e. The van der Waals surface area contributed by atoms with Gasteiger partial charge in [0.05, 0.1) is 6.20 Å². The molecular weight excluding hydrogens is 263 g/mol. The third-order valence-corrected chi connectivity index (χ3v) is 2.80. The van der Waals surface area contributed by atoms with Crippen molar-refractivity contribution in [2.45, 2.75) is 51.4 Å². The van der Waals surface area contributed by atoms with Gasteiger partial charge in [-0.3, -0.25) is 0 Å². The lowest BCUT2D eigenvalue weighted by Gasteiger charge is -2.35. The van der Waals surface area contributed by atoms with E-state index < -0.39 is 17.5 Å². The van der Waals surface area contributed by atoms with Crippen LogP contribution >= 0.6 is 0 Å². The fourth-order valence-corrected chi connectivity index (χ4v) is 1.86. The SMILES string of the molecule is CC(C)(C)OC(=O)NC1CC(Oc2ccc(F)cn2)C1. The lowest BCUT2D eigenvalue weighted by atomic mass is 9.89. The number of amides is 1. The number of alkyl carbamates (subject to hydrolysis) is 1. The minimum atomic E-state index is -0.498. The van der Waals surface area contributed by atoms with Crippen molar-refractivity contribution in [3.05, 3.63) is 24.1 Å². The van der Waals surface area contributed by atoms with Crippen LogP contribution in [-0.4, -0.2) is 28.8 Å². The van der Waals surface area contributed by atoms with E-state index in [1.165, 1.54) is 12.1 Å². The zero-order valence-electron chi connectivity index (χ0n) is 11.9. The Morgan fingerprint density at radius 2 is 2.10 bits per heavy atom. The fourth-order valence-electron chi connectivity index (χ4n) is 1.86. The van der Waals surface area contributed by atoms with Gasteiger partial charge < -0.3 is 14.8 Å². The number of pyridine rings is 1. The van der Waals surface area contributed by atoms with Crippen molar-refractivity contribution >= 4 is 6.09 Å². The summed E-state index contributed by atoms with van der Waals surface area (Å²) in [6.07, 6.45) is 2.08. The lowest BCUT2D eigenvalue weighted by Crippen LogP contribution is -2.50. The van der Waals surface area contributed by atoms with Gasteiger partial charge in [-0.25, -0.2) is 14.2 Å². The van der Waals surface area contributed by atoms with Gasteiger partial charge in [-0.05, 0) is 26.8 Å². The van der Waals surface area contributed by atoms with Crippen molar-refractivity contribution in [2.75, 3.05) is 0 Å². The molecule has 110 valence electrons. The second kappa shape index (κ2) is 5.64. The maximum atomic E-state index is 12.7. The van der Waals surface area contributed by atoms with Crippen LogP contribution in [0.15, 0.2) is 18.3 Å². The van der Waals surface area contributed by atoms with Gasteiger partial charge in [0.2, 0.25) is 5.88 Å². The molecule has 1 heterocycles. The molecule has 0 spiro atoms. The van der Waals surface area contributed by atoms with Gasteiger partial charge in [0.25, 0.3) is 0 Å². The third-order valence-electron chi connectivity index (χ3n) is 2.80. The molecule has 1 amide bonds. The summed E-state index contributed by atoms with van der Waals surface area (Å²) in [5, 5.41) is 2.78. The zero-order valence-corrected chi connectivity index (χ0v) is 11.9. The highest BCUT2D eigenvalue weighted by Gasteiger charge is 2.33. The molecule has 2 rings (SSSR count). The average Bonchev–Trinajstić information content (AvgIpc) is 2.26. The molecule has 0 saturated heterocycles. The smallest absolute Gasteiger partial charge is 0.407 e. The molecule has 1 aliphatic rings. The molecular formula is C14H19FN2O3. The summed E-state index contributed by atoms with van der Waals surface area (Å²) in [5.41, 5.74) is -0.498. The predicted octanol–water partition coefficient (Wildman–Crippen LogP) is 2.66. The molecule has 20 heavy (non-hydrogen) atoms.